The smallest absolute Gasteiger partial charge is 0.189 e. The molecule has 1 rings (SSSR count). The Morgan fingerprint density at radius 1 is 1.35 bits per heavy atom. The fraction of sp³-hybridized carbons (Fsp3) is 0.562. The van der Waals surface area contributed by atoms with E-state index in [-0.39, 0.29) is 5.54 Å². The van der Waals surface area contributed by atoms with Gasteiger partial charge >= 0.3 is 0 Å². The molecule has 0 saturated carbocycles. The second-order valence-electron chi connectivity index (χ2n) is 6.04. The Morgan fingerprint density at radius 2 is 2.05 bits per heavy atom. The van der Waals surface area contributed by atoms with Crippen molar-refractivity contribution in [3.63, 3.8) is 0 Å². The van der Waals surface area contributed by atoms with Crippen LogP contribution in [0.5, 0.6) is 5.75 Å². The lowest BCUT2D eigenvalue weighted by Crippen LogP contribution is -2.44. The average molecular weight is 277 g/mol. The Bertz CT molecular complexity index is 461. The first-order chi connectivity index (χ1) is 9.31. The number of ether oxygens (including phenoxy) is 1. The largest absolute Gasteiger partial charge is 0.493 e. The van der Waals surface area contributed by atoms with Gasteiger partial charge in [-0.05, 0) is 45.7 Å². The number of nitrogens with one attached hydrogen (secondary N) is 1. The third kappa shape index (κ3) is 5.95. The number of guanidine groups is 1. The van der Waals surface area contributed by atoms with E-state index >= 15 is 0 Å². The van der Waals surface area contributed by atoms with Crippen molar-refractivity contribution in [2.75, 3.05) is 6.61 Å². The van der Waals surface area contributed by atoms with Crippen molar-refractivity contribution in [2.24, 2.45) is 10.7 Å². The number of hydrogen-bond acceptors (Lipinski definition) is 2. The van der Waals surface area contributed by atoms with Gasteiger partial charge < -0.3 is 15.8 Å². The summed E-state index contributed by atoms with van der Waals surface area (Å²) in [7, 11) is 0. The summed E-state index contributed by atoms with van der Waals surface area (Å²) < 4.78 is 5.77. The zero-order chi connectivity index (χ0) is 15.2. The molecule has 0 atom stereocenters. The first-order valence-corrected chi connectivity index (χ1v) is 7.12. The van der Waals surface area contributed by atoms with Gasteiger partial charge in [0.25, 0.3) is 0 Å². The topological polar surface area (TPSA) is 59.6 Å². The number of nitrogens with zero attached hydrogens (tertiary/aromatic N) is 1. The summed E-state index contributed by atoms with van der Waals surface area (Å²) in [6.07, 6.45) is 0.990. The van der Waals surface area contributed by atoms with E-state index in [1.807, 2.05) is 12.1 Å². The third-order valence-corrected chi connectivity index (χ3v) is 2.61. The van der Waals surface area contributed by atoms with Crippen LogP contribution >= 0.6 is 0 Å². The van der Waals surface area contributed by atoms with E-state index in [0.29, 0.717) is 12.5 Å². The Kier molecular flexibility index (Phi) is 5.86. The molecule has 1 aromatic rings. The summed E-state index contributed by atoms with van der Waals surface area (Å²) in [6.45, 7) is 11.6. The molecule has 3 N–H and O–H groups in total. The molecule has 1 aromatic carbocycles. The van der Waals surface area contributed by atoms with Crippen LogP contribution in [-0.4, -0.2) is 18.1 Å². The van der Waals surface area contributed by atoms with Crippen molar-refractivity contribution < 1.29 is 4.74 Å². The molecule has 0 fully saturated rings. The second kappa shape index (κ2) is 7.17. The van der Waals surface area contributed by atoms with E-state index in [4.69, 9.17) is 10.5 Å². The number of hydrogen-bond donors (Lipinski definition) is 2. The molecular formula is C16H27N3O. The van der Waals surface area contributed by atoms with E-state index in [1.165, 1.54) is 5.56 Å². The van der Waals surface area contributed by atoms with Crippen LogP contribution in [0, 0.1) is 6.92 Å². The molecule has 20 heavy (non-hydrogen) atoms. The lowest BCUT2D eigenvalue weighted by Gasteiger charge is -2.21. The second-order valence-corrected chi connectivity index (χ2v) is 6.04. The van der Waals surface area contributed by atoms with Crippen LogP contribution in [0.4, 0.5) is 0 Å². The monoisotopic (exact) mass is 277 g/mol. The Hall–Kier alpha value is -1.71. The van der Waals surface area contributed by atoms with Gasteiger partial charge in [-0.2, -0.15) is 0 Å². The molecule has 0 bridgehead atoms. The summed E-state index contributed by atoms with van der Waals surface area (Å²) >= 11 is 0. The molecule has 0 heterocycles. The number of rotatable bonds is 5. The van der Waals surface area contributed by atoms with Crippen LogP contribution in [0.3, 0.4) is 0 Å². The third-order valence-electron chi connectivity index (χ3n) is 2.61. The minimum atomic E-state index is -0.0810. The summed E-state index contributed by atoms with van der Waals surface area (Å²) in [4.78, 5) is 4.38. The van der Waals surface area contributed by atoms with Gasteiger partial charge in [-0.15, -0.1) is 0 Å². The Morgan fingerprint density at radius 3 is 2.65 bits per heavy atom. The predicted molar refractivity (Wildman–Crippen MR) is 85.2 cm³/mol. The lowest BCUT2D eigenvalue weighted by molar-refractivity contribution is 0.314. The fourth-order valence-corrected chi connectivity index (χ4v) is 1.73. The van der Waals surface area contributed by atoms with Crippen LogP contribution in [-0.2, 0) is 6.54 Å². The van der Waals surface area contributed by atoms with Crippen molar-refractivity contribution >= 4 is 5.96 Å². The molecule has 4 nitrogen and oxygen atoms in total. The van der Waals surface area contributed by atoms with Gasteiger partial charge in [-0.25, -0.2) is 4.99 Å². The minimum Gasteiger partial charge on any atom is -0.493 e. The number of aliphatic imine (C=N–C) groups is 1. The van der Waals surface area contributed by atoms with Gasteiger partial charge in [0.05, 0.1) is 13.2 Å². The van der Waals surface area contributed by atoms with Gasteiger partial charge in [-0.3, -0.25) is 0 Å². The minimum absolute atomic E-state index is 0.0810. The number of benzene rings is 1. The van der Waals surface area contributed by atoms with Crippen LogP contribution in [0.2, 0.25) is 0 Å². The number of nitrogens with two attached hydrogens (primary N) is 1. The van der Waals surface area contributed by atoms with E-state index in [2.05, 4.69) is 51.0 Å². The summed E-state index contributed by atoms with van der Waals surface area (Å²) in [5, 5.41) is 3.15. The molecule has 0 aliphatic heterocycles. The van der Waals surface area contributed by atoms with Crippen molar-refractivity contribution in [1.82, 2.24) is 5.32 Å². The van der Waals surface area contributed by atoms with Crippen molar-refractivity contribution in [3.8, 4) is 5.75 Å². The van der Waals surface area contributed by atoms with Crippen LogP contribution < -0.4 is 15.8 Å². The normalized spacial score (nSPS) is 12.3. The molecule has 0 saturated heterocycles. The summed E-state index contributed by atoms with van der Waals surface area (Å²) in [5.41, 5.74) is 8.05. The van der Waals surface area contributed by atoms with Crippen LogP contribution in [0.15, 0.2) is 23.2 Å². The average Bonchev–Trinajstić information content (AvgIpc) is 2.33. The standard InChI is InChI=1S/C16H27N3O/c1-6-9-20-14-10-12(2)7-8-13(14)11-18-15(17)19-16(3,4)5/h7-8,10H,6,9,11H2,1-5H3,(H3,17,18,19). The predicted octanol–water partition coefficient (Wildman–Crippen LogP) is 2.99. The van der Waals surface area contributed by atoms with E-state index in [0.717, 1.165) is 24.3 Å². The Labute approximate surface area is 122 Å². The highest BCUT2D eigenvalue weighted by Crippen LogP contribution is 2.21. The Balaban J connectivity index is 2.78. The molecule has 4 heteroatoms. The summed E-state index contributed by atoms with van der Waals surface area (Å²) in [5.74, 6) is 1.36. The SMILES string of the molecule is CCCOc1cc(C)ccc1CN=C(N)NC(C)(C)C. The molecule has 0 amide bonds. The lowest BCUT2D eigenvalue weighted by atomic mass is 10.1. The van der Waals surface area contributed by atoms with Crippen molar-refractivity contribution in [2.45, 2.75) is 53.1 Å². The molecule has 0 unspecified atom stereocenters. The van der Waals surface area contributed by atoms with Gasteiger partial charge in [-0.1, -0.05) is 19.1 Å². The molecule has 0 aliphatic carbocycles. The number of aryl methyl sites for hydroxylation is 1. The highest BCUT2D eigenvalue weighted by atomic mass is 16.5. The first-order valence-electron chi connectivity index (χ1n) is 7.12. The van der Waals surface area contributed by atoms with Gasteiger partial charge in [0.2, 0.25) is 0 Å². The maximum absolute atomic E-state index is 5.89. The quantitative estimate of drug-likeness (QED) is 0.642. The van der Waals surface area contributed by atoms with Crippen LogP contribution in [0.25, 0.3) is 0 Å². The van der Waals surface area contributed by atoms with Gasteiger partial charge in [0.15, 0.2) is 5.96 Å². The molecular weight excluding hydrogens is 250 g/mol. The highest BCUT2D eigenvalue weighted by molar-refractivity contribution is 5.78. The van der Waals surface area contributed by atoms with E-state index in [1.54, 1.807) is 0 Å². The zero-order valence-electron chi connectivity index (χ0n) is 13.3. The molecule has 0 spiro atoms. The molecule has 0 aliphatic rings. The molecule has 0 aromatic heterocycles. The van der Waals surface area contributed by atoms with Gasteiger partial charge in [0.1, 0.15) is 5.75 Å². The van der Waals surface area contributed by atoms with E-state index < -0.39 is 0 Å². The van der Waals surface area contributed by atoms with Gasteiger partial charge in [0, 0.05) is 11.1 Å². The summed E-state index contributed by atoms with van der Waals surface area (Å²) in [6, 6.07) is 6.17. The van der Waals surface area contributed by atoms with Crippen LogP contribution in [0.1, 0.15) is 45.2 Å². The fourth-order valence-electron chi connectivity index (χ4n) is 1.73. The molecule has 0 radical (unpaired) electrons. The van der Waals surface area contributed by atoms with Crippen molar-refractivity contribution in [3.05, 3.63) is 29.3 Å². The highest BCUT2D eigenvalue weighted by Gasteiger charge is 2.10. The van der Waals surface area contributed by atoms with Crippen molar-refractivity contribution in [1.29, 1.82) is 0 Å². The molecule has 112 valence electrons. The van der Waals surface area contributed by atoms with E-state index in [9.17, 15) is 0 Å². The maximum atomic E-state index is 5.89. The zero-order valence-corrected chi connectivity index (χ0v) is 13.3. The maximum Gasteiger partial charge on any atom is 0.189 e. The first kappa shape index (κ1) is 16.3.